The Hall–Kier alpha value is -1.55. The maximum absolute atomic E-state index is 12.5. The van der Waals surface area contributed by atoms with Gasteiger partial charge in [-0.25, -0.2) is 0 Å². The van der Waals surface area contributed by atoms with Crippen LogP contribution in [0, 0.1) is 11.8 Å². The summed E-state index contributed by atoms with van der Waals surface area (Å²) in [5, 5.41) is 15.8. The quantitative estimate of drug-likeness (QED) is 0.795. The molecule has 4 nitrogen and oxygen atoms in total. The molecule has 3 atom stereocenters. The van der Waals surface area contributed by atoms with E-state index in [0.717, 1.165) is 37.1 Å². The lowest BCUT2D eigenvalue weighted by molar-refractivity contribution is -0.123. The molecule has 2 aliphatic rings. The van der Waals surface area contributed by atoms with Gasteiger partial charge in [0, 0.05) is 25.4 Å². The summed E-state index contributed by atoms with van der Waals surface area (Å²) in [6.07, 6.45) is 4.22. The first-order chi connectivity index (χ1) is 10.3. The molecule has 1 fully saturated rings. The van der Waals surface area contributed by atoms with E-state index in [1.165, 1.54) is 6.42 Å². The van der Waals surface area contributed by atoms with Crippen LogP contribution in [0.25, 0.3) is 0 Å². The number of rotatable bonds is 4. The number of nitrogens with one attached hydrogen (secondary N) is 2. The van der Waals surface area contributed by atoms with Crippen molar-refractivity contribution < 1.29 is 9.90 Å². The summed E-state index contributed by atoms with van der Waals surface area (Å²) in [7, 11) is 0. The van der Waals surface area contributed by atoms with Crippen LogP contribution in [0.3, 0.4) is 0 Å². The smallest absolute Gasteiger partial charge is 0.227 e. The Morgan fingerprint density at radius 3 is 2.90 bits per heavy atom. The highest BCUT2D eigenvalue weighted by molar-refractivity contribution is 5.86. The maximum Gasteiger partial charge on any atom is 0.227 e. The average molecular weight is 288 g/mol. The van der Waals surface area contributed by atoms with Crippen LogP contribution in [0.2, 0.25) is 0 Å². The van der Waals surface area contributed by atoms with Gasteiger partial charge >= 0.3 is 0 Å². The summed E-state index contributed by atoms with van der Waals surface area (Å²) in [6.45, 7) is 1.80. The van der Waals surface area contributed by atoms with E-state index in [1.54, 1.807) is 0 Å². The van der Waals surface area contributed by atoms with Crippen molar-refractivity contribution >= 4 is 11.6 Å². The molecule has 4 heteroatoms. The second-order valence-corrected chi connectivity index (χ2v) is 6.23. The lowest BCUT2D eigenvalue weighted by Crippen LogP contribution is -2.37. The first-order valence-electron chi connectivity index (χ1n) is 8.01. The van der Waals surface area contributed by atoms with E-state index >= 15 is 0 Å². The number of aliphatic hydroxyl groups excluding tert-OH is 1. The van der Waals surface area contributed by atoms with Crippen molar-refractivity contribution in [2.75, 3.05) is 25.0 Å². The molecule has 1 heterocycles. The predicted octanol–water partition coefficient (Wildman–Crippen LogP) is 2.11. The second kappa shape index (κ2) is 6.48. The maximum atomic E-state index is 12.5. The first-order valence-corrected chi connectivity index (χ1v) is 8.01. The molecular formula is C17H24N2O2. The van der Waals surface area contributed by atoms with Crippen LogP contribution in [-0.2, 0) is 4.79 Å². The summed E-state index contributed by atoms with van der Waals surface area (Å²) < 4.78 is 0. The molecule has 0 spiro atoms. The van der Waals surface area contributed by atoms with Gasteiger partial charge < -0.3 is 15.7 Å². The van der Waals surface area contributed by atoms with Crippen molar-refractivity contribution in [3.63, 3.8) is 0 Å². The standard InChI is InChI=1S/C17H24N2O2/c20-11-13-5-3-4-12(13)10-19-17(21)15-8-9-18-16-7-2-1-6-14(15)16/h1-2,6-7,12-13,15,18,20H,3-5,8-11H2,(H,19,21). The van der Waals surface area contributed by atoms with Crippen LogP contribution in [0.4, 0.5) is 5.69 Å². The molecule has 3 N–H and O–H groups in total. The largest absolute Gasteiger partial charge is 0.396 e. The molecule has 3 unspecified atom stereocenters. The van der Waals surface area contributed by atoms with Crippen LogP contribution >= 0.6 is 0 Å². The highest BCUT2D eigenvalue weighted by Gasteiger charge is 2.29. The minimum Gasteiger partial charge on any atom is -0.396 e. The number of para-hydroxylation sites is 1. The Kier molecular flexibility index (Phi) is 4.44. The van der Waals surface area contributed by atoms with Gasteiger partial charge in [0.05, 0.1) is 5.92 Å². The Morgan fingerprint density at radius 1 is 1.24 bits per heavy atom. The van der Waals surface area contributed by atoms with Crippen molar-refractivity contribution in [1.29, 1.82) is 0 Å². The number of hydrogen-bond acceptors (Lipinski definition) is 3. The fourth-order valence-electron chi connectivity index (χ4n) is 3.72. The zero-order chi connectivity index (χ0) is 14.7. The molecule has 0 aromatic heterocycles. The van der Waals surface area contributed by atoms with Crippen LogP contribution < -0.4 is 10.6 Å². The normalized spacial score (nSPS) is 27.8. The number of anilines is 1. The van der Waals surface area contributed by atoms with Crippen LogP contribution in [0.1, 0.15) is 37.2 Å². The molecule has 1 aromatic rings. The van der Waals surface area contributed by atoms with Gasteiger partial charge in [-0.15, -0.1) is 0 Å². The number of fused-ring (bicyclic) bond motifs is 1. The summed E-state index contributed by atoms with van der Waals surface area (Å²) >= 11 is 0. The van der Waals surface area contributed by atoms with E-state index in [0.29, 0.717) is 18.4 Å². The zero-order valence-corrected chi connectivity index (χ0v) is 12.3. The number of hydrogen-bond donors (Lipinski definition) is 3. The monoisotopic (exact) mass is 288 g/mol. The van der Waals surface area contributed by atoms with Gasteiger partial charge in [-0.05, 0) is 42.7 Å². The molecule has 0 radical (unpaired) electrons. The molecule has 114 valence electrons. The van der Waals surface area contributed by atoms with Crippen molar-refractivity contribution in [2.45, 2.75) is 31.6 Å². The summed E-state index contributed by atoms with van der Waals surface area (Å²) in [4.78, 5) is 12.5. The predicted molar refractivity (Wildman–Crippen MR) is 83.2 cm³/mol. The molecular weight excluding hydrogens is 264 g/mol. The Bertz CT molecular complexity index is 503. The molecule has 21 heavy (non-hydrogen) atoms. The van der Waals surface area contributed by atoms with Gasteiger partial charge in [0.15, 0.2) is 0 Å². The van der Waals surface area contributed by atoms with Gasteiger partial charge in [-0.2, -0.15) is 0 Å². The van der Waals surface area contributed by atoms with E-state index in [-0.39, 0.29) is 18.4 Å². The minimum absolute atomic E-state index is 0.0450. The SMILES string of the molecule is O=C(NCC1CCCC1CO)C1CCNc2ccccc21. The summed E-state index contributed by atoms with van der Waals surface area (Å²) in [5.74, 6) is 0.894. The molecule has 3 rings (SSSR count). The minimum atomic E-state index is -0.0450. The number of benzene rings is 1. The molecule has 1 aliphatic carbocycles. The van der Waals surface area contributed by atoms with Crippen LogP contribution in [0.5, 0.6) is 0 Å². The Balaban J connectivity index is 1.61. The molecule has 0 bridgehead atoms. The molecule has 1 aromatic carbocycles. The zero-order valence-electron chi connectivity index (χ0n) is 12.3. The Labute approximate surface area is 125 Å². The summed E-state index contributed by atoms with van der Waals surface area (Å²) in [6, 6.07) is 8.06. The van der Waals surface area contributed by atoms with Gasteiger partial charge in [0.1, 0.15) is 0 Å². The van der Waals surface area contributed by atoms with Crippen molar-refractivity contribution in [2.24, 2.45) is 11.8 Å². The number of carbonyl (C=O) groups excluding carboxylic acids is 1. The third-order valence-electron chi connectivity index (χ3n) is 4.99. The van der Waals surface area contributed by atoms with Crippen molar-refractivity contribution in [3.05, 3.63) is 29.8 Å². The Morgan fingerprint density at radius 2 is 2.05 bits per heavy atom. The van der Waals surface area contributed by atoms with Gasteiger partial charge in [0.25, 0.3) is 0 Å². The fourth-order valence-corrected chi connectivity index (χ4v) is 3.72. The van der Waals surface area contributed by atoms with Crippen molar-refractivity contribution in [3.8, 4) is 0 Å². The first kappa shape index (κ1) is 14.4. The van der Waals surface area contributed by atoms with Gasteiger partial charge in [-0.1, -0.05) is 24.6 Å². The highest BCUT2D eigenvalue weighted by Crippen LogP contribution is 2.33. The summed E-state index contributed by atoms with van der Waals surface area (Å²) in [5.41, 5.74) is 2.18. The van der Waals surface area contributed by atoms with Gasteiger partial charge in [-0.3, -0.25) is 4.79 Å². The fraction of sp³-hybridized carbons (Fsp3) is 0.588. The third kappa shape index (κ3) is 3.05. The number of carbonyl (C=O) groups is 1. The van der Waals surface area contributed by atoms with E-state index in [2.05, 4.69) is 10.6 Å². The van der Waals surface area contributed by atoms with Gasteiger partial charge in [0.2, 0.25) is 5.91 Å². The number of aliphatic hydroxyl groups is 1. The highest BCUT2D eigenvalue weighted by atomic mass is 16.3. The van der Waals surface area contributed by atoms with E-state index < -0.39 is 0 Å². The second-order valence-electron chi connectivity index (χ2n) is 6.23. The topological polar surface area (TPSA) is 61.4 Å². The molecule has 1 aliphatic heterocycles. The molecule has 0 saturated heterocycles. The van der Waals surface area contributed by atoms with E-state index in [4.69, 9.17) is 0 Å². The number of amides is 1. The van der Waals surface area contributed by atoms with E-state index in [1.807, 2.05) is 24.3 Å². The van der Waals surface area contributed by atoms with E-state index in [9.17, 15) is 9.90 Å². The van der Waals surface area contributed by atoms with Crippen LogP contribution in [0.15, 0.2) is 24.3 Å². The third-order valence-corrected chi connectivity index (χ3v) is 4.99. The lowest BCUT2D eigenvalue weighted by Gasteiger charge is -2.27. The average Bonchev–Trinajstić information content (AvgIpc) is 2.99. The molecule has 1 saturated carbocycles. The lowest BCUT2D eigenvalue weighted by atomic mass is 9.90. The van der Waals surface area contributed by atoms with Crippen LogP contribution in [-0.4, -0.2) is 30.7 Å². The molecule has 1 amide bonds. The van der Waals surface area contributed by atoms with Crippen molar-refractivity contribution in [1.82, 2.24) is 5.32 Å².